The lowest BCUT2D eigenvalue weighted by Gasteiger charge is -2.08. The number of hydrogen-bond donors (Lipinski definition) is 0. The summed E-state index contributed by atoms with van der Waals surface area (Å²) in [7, 11) is 0. The van der Waals surface area contributed by atoms with Crippen molar-refractivity contribution in [1.82, 2.24) is 0 Å². The van der Waals surface area contributed by atoms with Gasteiger partial charge in [-0.2, -0.15) is 13.2 Å². The first kappa shape index (κ1) is 11.6. The highest BCUT2D eigenvalue weighted by Gasteiger charge is 2.30. The van der Waals surface area contributed by atoms with Gasteiger partial charge in [0.2, 0.25) is 0 Å². The molecule has 0 amide bonds. The van der Waals surface area contributed by atoms with Crippen LogP contribution in [0.4, 0.5) is 17.6 Å². The molecular formula is C13H7F4. The smallest absolute Gasteiger partial charge is 0.207 e. The first-order chi connectivity index (χ1) is 7.97. The molecule has 1 radical (unpaired) electrons. The summed E-state index contributed by atoms with van der Waals surface area (Å²) in [4.78, 5) is 0. The fourth-order valence-corrected chi connectivity index (χ4v) is 1.45. The Morgan fingerprint density at radius 3 is 2.12 bits per heavy atom. The van der Waals surface area contributed by atoms with Gasteiger partial charge in [0.05, 0.1) is 5.56 Å². The van der Waals surface area contributed by atoms with E-state index in [1.165, 1.54) is 36.4 Å². The van der Waals surface area contributed by atoms with Crippen LogP contribution in [-0.4, -0.2) is 0 Å². The van der Waals surface area contributed by atoms with Gasteiger partial charge in [0.25, 0.3) is 0 Å². The second kappa shape index (κ2) is 4.20. The Hall–Kier alpha value is -1.84. The molecule has 0 spiro atoms. The zero-order valence-electron chi connectivity index (χ0n) is 8.55. The third-order valence-corrected chi connectivity index (χ3v) is 2.28. The molecule has 0 aliphatic carbocycles. The van der Waals surface area contributed by atoms with E-state index in [0.717, 1.165) is 6.07 Å². The van der Waals surface area contributed by atoms with Crippen molar-refractivity contribution in [2.45, 2.75) is 6.18 Å². The molecule has 0 unspecified atom stereocenters. The van der Waals surface area contributed by atoms with E-state index >= 15 is 0 Å². The van der Waals surface area contributed by atoms with Gasteiger partial charge in [0, 0.05) is 0 Å². The van der Waals surface area contributed by atoms with Gasteiger partial charge < -0.3 is 0 Å². The molecule has 0 aromatic heterocycles. The average Bonchev–Trinajstić information content (AvgIpc) is 2.29. The zero-order chi connectivity index (χ0) is 12.5. The van der Waals surface area contributed by atoms with Crippen molar-refractivity contribution in [1.29, 1.82) is 0 Å². The molecule has 17 heavy (non-hydrogen) atoms. The number of halogens is 4. The fraction of sp³-hybridized carbons (Fsp3) is 0.0769. The van der Waals surface area contributed by atoms with Crippen molar-refractivity contribution >= 4 is 0 Å². The lowest BCUT2D eigenvalue weighted by atomic mass is 10.0. The molecule has 0 nitrogen and oxygen atoms in total. The topological polar surface area (TPSA) is 0 Å². The average molecular weight is 239 g/mol. The zero-order valence-corrected chi connectivity index (χ0v) is 8.55. The molecule has 2 rings (SSSR count). The minimum Gasteiger partial charge on any atom is -0.207 e. The number of alkyl halides is 3. The summed E-state index contributed by atoms with van der Waals surface area (Å²) in [5.41, 5.74) is 0.0845. The molecule has 0 atom stereocenters. The molecular weight excluding hydrogens is 232 g/mol. The Labute approximate surface area is 95.5 Å². The van der Waals surface area contributed by atoms with Gasteiger partial charge in [-0.3, -0.25) is 0 Å². The predicted octanol–water partition coefficient (Wildman–Crippen LogP) is 4.31. The van der Waals surface area contributed by atoms with Crippen LogP contribution in [0.5, 0.6) is 0 Å². The van der Waals surface area contributed by atoms with Gasteiger partial charge in [-0.25, -0.2) is 4.39 Å². The van der Waals surface area contributed by atoms with Crippen LogP contribution in [0.2, 0.25) is 0 Å². The Kier molecular flexibility index (Phi) is 2.88. The molecule has 0 fully saturated rings. The van der Waals surface area contributed by atoms with Gasteiger partial charge in [0.1, 0.15) is 5.82 Å². The SMILES string of the molecule is Fc1ccc(-c2cc[c]c(C(F)(F)F)c2)cc1. The van der Waals surface area contributed by atoms with Crippen LogP contribution in [0.25, 0.3) is 11.1 Å². The molecule has 0 heterocycles. The van der Waals surface area contributed by atoms with Gasteiger partial charge in [0.15, 0.2) is 0 Å². The number of benzene rings is 2. The van der Waals surface area contributed by atoms with Gasteiger partial charge in [-0.15, -0.1) is 0 Å². The van der Waals surface area contributed by atoms with E-state index < -0.39 is 17.6 Å². The maximum Gasteiger partial charge on any atom is 0.417 e. The monoisotopic (exact) mass is 239 g/mol. The second-order valence-corrected chi connectivity index (χ2v) is 3.50. The number of hydrogen-bond acceptors (Lipinski definition) is 0. The Bertz CT molecular complexity index is 512. The van der Waals surface area contributed by atoms with Crippen LogP contribution in [-0.2, 0) is 6.18 Å². The van der Waals surface area contributed by atoms with E-state index in [1.807, 2.05) is 0 Å². The summed E-state index contributed by atoms with van der Waals surface area (Å²) in [5, 5.41) is 0. The van der Waals surface area contributed by atoms with Crippen molar-refractivity contribution in [3.8, 4) is 11.1 Å². The minimum absolute atomic E-state index is 0.385. The summed E-state index contributed by atoms with van der Waals surface area (Å²) in [6.07, 6.45) is -4.42. The Morgan fingerprint density at radius 2 is 1.53 bits per heavy atom. The first-order valence-corrected chi connectivity index (χ1v) is 4.82. The highest BCUT2D eigenvalue weighted by atomic mass is 19.4. The van der Waals surface area contributed by atoms with Crippen LogP contribution >= 0.6 is 0 Å². The summed E-state index contributed by atoms with van der Waals surface area (Å²) in [5.74, 6) is -0.424. The molecule has 0 bridgehead atoms. The normalized spacial score (nSPS) is 11.5. The van der Waals surface area contributed by atoms with E-state index in [2.05, 4.69) is 6.07 Å². The second-order valence-electron chi connectivity index (χ2n) is 3.50. The molecule has 0 saturated carbocycles. The van der Waals surface area contributed by atoms with Crippen LogP contribution in [0.1, 0.15) is 5.56 Å². The van der Waals surface area contributed by atoms with E-state index in [4.69, 9.17) is 0 Å². The van der Waals surface area contributed by atoms with Crippen molar-refractivity contribution < 1.29 is 17.6 Å². The molecule has 2 aromatic carbocycles. The van der Waals surface area contributed by atoms with Crippen LogP contribution in [0.15, 0.2) is 42.5 Å². The predicted molar refractivity (Wildman–Crippen MR) is 55.7 cm³/mol. The van der Waals surface area contributed by atoms with E-state index in [9.17, 15) is 17.6 Å². The molecule has 0 aliphatic rings. The molecule has 87 valence electrons. The third kappa shape index (κ3) is 2.64. The van der Waals surface area contributed by atoms with Crippen molar-refractivity contribution in [3.63, 3.8) is 0 Å². The standard InChI is InChI=1S/C13H7F4/c14-12-6-4-9(5-7-12)10-2-1-3-11(8-10)13(15,16)17/h1-2,4-8H. The summed E-state index contributed by atoms with van der Waals surface area (Å²) < 4.78 is 50.1. The fourth-order valence-electron chi connectivity index (χ4n) is 1.45. The molecule has 0 N–H and O–H groups in total. The Morgan fingerprint density at radius 1 is 0.882 bits per heavy atom. The molecule has 0 saturated heterocycles. The third-order valence-electron chi connectivity index (χ3n) is 2.28. The van der Waals surface area contributed by atoms with Crippen molar-refractivity contribution in [3.05, 3.63) is 59.9 Å². The maximum absolute atomic E-state index is 12.7. The van der Waals surface area contributed by atoms with E-state index in [-0.39, 0.29) is 0 Å². The van der Waals surface area contributed by atoms with Gasteiger partial charge in [-0.05, 0) is 35.4 Å². The van der Waals surface area contributed by atoms with E-state index in [0.29, 0.717) is 11.1 Å². The molecule has 4 heteroatoms. The molecule has 0 aliphatic heterocycles. The van der Waals surface area contributed by atoms with Crippen molar-refractivity contribution in [2.24, 2.45) is 0 Å². The van der Waals surface area contributed by atoms with Crippen molar-refractivity contribution in [2.75, 3.05) is 0 Å². The quantitative estimate of drug-likeness (QED) is 0.650. The minimum atomic E-state index is -4.42. The summed E-state index contributed by atoms with van der Waals surface area (Å²) in [6, 6.07) is 11.1. The summed E-state index contributed by atoms with van der Waals surface area (Å²) >= 11 is 0. The maximum atomic E-state index is 12.7. The molecule has 2 aromatic rings. The summed E-state index contributed by atoms with van der Waals surface area (Å²) in [6.45, 7) is 0. The van der Waals surface area contributed by atoms with E-state index in [1.54, 1.807) is 0 Å². The largest absolute Gasteiger partial charge is 0.417 e. The van der Waals surface area contributed by atoms with Crippen LogP contribution in [0.3, 0.4) is 0 Å². The lowest BCUT2D eigenvalue weighted by Crippen LogP contribution is -2.04. The lowest BCUT2D eigenvalue weighted by molar-refractivity contribution is -0.137. The Balaban J connectivity index is 2.43. The van der Waals surface area contributed by atoms with Crippen LogP contribution < -0.4 is 0 Å². The highest BCUT2D eigenvalue weighted by molar-refractivity contribution is 5.64. The number of rotatable bonds is 1. The first-order valence-electron chi connectivity index (χ1n) is 4.82. The van der Waals surface area contributed by atoms with Crippen LogP contribution in [0, 0.1) is 11.9 Å². The van der Waals surface area contributed by atoms with Gasteiger partial charge in [-0.1, -0.05) is 24.3 Å². The highest BCUT2D eigenvalue weighted by Crippen LogP contribution is 2.31. The van der Waals surface area contributed by atoms with Gasteiger partial charge >= 0.3 is 6.18 Å².